The molecule has 5 rings (SSSR count). The molecule has 3 aromatic carbocycles. The summed E-state index contributed by atoms with van der Waals surface area (Å²) >= 11 is 0. The first kappa shape index (κ1) is 22.3. The third kappa shape index (κ3) is 5.52. The largest absolute Gasteiger partial charge is 0.494 e. The average Bonchev–Trinajstić information content (AvgIpc) is 3.44. The molecule has 174 valence electrons. The molecule has 0 amide bonds. The third-order valence-electron chi connectivity index (χ3n) is 5.67. The second-order valence-corrected chi connectivity index (χ2v) is 8.14. The van der Waals surface area contributed by atoms with E-state index in [4.69, 9.17) is 9.15 Å². The number of hydrogen-bond donors (Lipinski definition) is 1. The van der Waals surface area contributed by atoms with Gasteiger partial charge in [-0.1, -0.05) is 66.7 Å². The minimum absolute atomic E-state index is 0.154. The first-order valence-electron chi connectivity index (χ1n) is 11.5. The molecule has 1 N–H and O–H groups in total. The van der Waals surface area contributed by atoms with Crippen molar-refractivity contribution in [3.05, 3.63) is 106 Å². The number of hydrogen-bond acceptors (Lipinski definition) is 6. The molecule has 35 heavy (non-hydrogen) atoms. The van der Waals surface area contributed by atoms with Crippen molar-refractivity contribution in [2.24, 2.45) is 0 Å². The van der Waals surface area contributed by atoms with Gasteiger partial charge in [0.25, 0.3) is 0 Å². The molecule has 0 unspecified atom stereocenters. The van der Waals surface area contributed by atoms with Gasteiger partial charge in [-0.05, 0) is 59.0 Å². The summed E-state index contributed by atoms with van der Waals surface area (Å²) < 4.78 is 11.9. The van der Waals surface area contributed by atoms with E-state index in [1.165, 1.54) is 11.6 Å². The van der Waals surface area contributed by atoms with Crippen LogP contribution in [0.5, 0.6) is 5.75 Å². The second-order valence-electron chi connectivity index (χ2n) is 8.14. The summed E-state index contributed by atoms with van der Waals surface area (Å²) in [5, 5.41) is 14.0. The van der Waals surface area contributed by atoms with E-state index in [9.17, 15) is 4.79 Å². The van der Waals surface area contributed by atoms with E-state index in [0.717, 1.165) is 36.1 Å². The maximum absolute atomic E-state index is 12.6. The van der Waals surface area contributed by atoms with Gasteiger partial charge in [-0.2, -0.15) is 0 Å². The van der Waals surface area contributed by atoms with Crippen molar-refractivity contribution in [2.45, 2.75) is 19.3 Å². The molecule has 0 saturated heterocycles. The van der Waals surface area contributed by atoms with Crippen molar-refractivity contribution in [1.29, 1.82) is 0 Å². The Balaban J connectivity index is 1.23. The predicted octanol–water partition coefficient (Wildman–Crippen LogP) is 5.55. The number of aromatic nitrogens is 4. The number of unbranched alkanes of at least 4 members (excludes halogenated alkanes) is 1. The quantitative estimate of drug-likeness (QED) is 0.227. The molecular weight excluding hydrogens is 440 g/mol. The molecule has 2 aromatic heterocycles. The molecular formula is C28H24N4O3. The van der Waals surface area contributed by atoms with Crippen LogP contribution in [0.1, 0.15) is 29.5 Å². The summed E-state index contributed by atoms with van der Waals surface area (Å²) in [5.41, 5.74) is 3.49. The van der Waals surface area contributed by atoms with Crippen LogP contribution in [0.4, 0.5) is 0 Å². The van der Waals surface area contributed by atoms with Crippen LogP contribution >= 0.6 is 0 Å². The van der Waals surface area contributed by atoms with Gasteiger partial charge in [0.2, 0.25) is 5.82 Å². The van der Waals surface area contributed by atoms with Crippen LogP contribution < -0.4 is 10.2 Å². The molecule has 0 saturated carbocycles. The first-order chi connectivity index (χ1) is 17.3. The molecule has 5 aromatic rings. The summed E-state index contributed by atoms with van der Waals surface area (Å²) in [6.07, 6.45) is 7.07. The number of tetrazole rings is 1. The summed E-state index contributed by atoms with van der Waals surface area (Å²) in [4.78, 5) is 12.6. The first-order valence-corrected chi connectivity index (χ1v) is 11.5. The molecule has 2 heterocycles. The molecule has 0 aliphatic rings. The molecule has 7 heteroatoms. The number of nitrogens with zero attached hydrogens (tertiary/aromatic N) is 3. The van der Waals surface area contributed by atoms with E-state index in [1.54, 1.807) is 6.07 Å². The van der Waals surface area contributed by atoms with E-state index in [-0.39, 0.29) is 5.43 Å². The predicted molar refractivity (Wildman–Crippen MR) is 136 cm³/mol. The maximum atomic E-state index is 12.6. The van der Waals surface area contributed by atoms with Crippen LogP contribution in [0.25, 0.3) is 34.7 Å². The van der Waals surface area contributed by atoms with Crippen LogP contribution in [-0.2, 0) is 6.42 Å². The highest BCUT2D eigenvalue weighted by Crippen LogP contribution is 2.24. The van der Waals surface area contributed by atoms with Gasteiger partial charge in [-0.3, -0.25) is 4.79 Å². The van der Waals surface area contributed by atoms with Gasteiger partial charge in [-0.15, -0.1) is 5.10 Å². The van der Waals surface area contributed by atoms with Crippen molar-refractivity contribution < 1.29 is 9.15 Å². The van der Waals surface area contributed by atoms with Gasteiger partial charge in [0, 0.05) is 11.6 Å². The second kappa shape index (κ2) is 10.6. The number of benzene rings is 3. The molecule has 0 fully saturated rings. The Morgan fingerprint density at radius 3 is 2.57 bits per heavy atom. The zero-order valence-corrected chi connectivity index (χ0v) is 19.1. The molecule has 0 atom stereocenters. The van der Waals surface area contributed by atoms with E-state index in [2.05, 4.69) is 44.9 Å². The van der Waals surface area contributed by atoms with Gasteiger partial charge in [-0.25, -0.2) is 5.10 Å². The van der Waals surface area contributed by atoms with E-state index in [0.29, 0.717) is 29.2 Å². The highest BCUT2D eigenvalue weighted by Gasteiger charge is 2.11. The molecule has 7 nitrogen and oxygen atoms in total. The third-order valence-corrected chi connectivity index (χ3v) is 5.67. The lowest BCUT2D eigenvalue weighted by atomic mass is 10.1. The lowest BCUT2D eigenvalue weighted by Gasteiger charge is -2.07. The number of para-hydroxylation sites is 1. The number of ether oxygens (including phenoxy) is 1. The minimum atomic E-state index is -0.154. The van der Waals surface area contributed by atoms with Gasteiger partial charge in [0.05, 0.1) is 12.0 Å². The Labute approximate surface area is 202 Å². The minimum Gasteiger partial charge on any atom is -0.494 e. The van der Waals surface area contributed by atoms with E-state index in [1.807, 2.05) is 54.6 Å². The van der Waals surface area contributed by atoms with Crippen LogP contribution in [0.15, 0.2) is 88.1 Å². The Bertz CT molecular complexity index is 1470. The van der Waals surface area contributed by atoms with Gasteiger partial charge in [0.1, 0.15) is 11.3 Å². The number of aryl methyl sites for hydroxylation is 1. The Morgan fingerprint density at radius 2 is 1.77 bits per heavy atom. The number of H-pyrrole nitrogens is 1. The fourth-order valence-corrected chi connectivity index (χ4v) is 3.84. The Kier molecular flexibility index (Phi) is 6.75. The van der Waals surface area contributed by atoms with Crippen molar-refractivity contribution in [3.63, 3.8) is 0 Å². The smallest absolute Gasteiger partial charge is 0.215 e. The summed E-state index contributed by atoms with van der Waals surface area (Å²) in [6, 6.07) is 25.3. The maximum Gasteiger partial charge on any atom is 0.215 e. The Morgan fingerprint density at radius 1 is 0.914 bits per heavy atom. The van der Waals surface area contributed by atoms with Crippen molar-refractivity contribution >= 4 is 23.1 Å². The zero-order valence-electron chi connectivity index (χ0n) is 19.1. The standard InChI is InChI=1S/C28H24N4O3/c33-25-19-26(28-29-31-32-30-28)35-27-22(10-6-11-24(25)27)15-12-21-13-16-23(17-14-21)34-18-5-4-9-20-7-2-1-3-8-20/h1-3,6-8,10-17,19H,4-5,9,18H2,(H,29,30,31,32). The molecule has 0 spiro atoms. The molecule has 0 radical (unpaired) electrons. The van der Waals surface area contributed by atoms with Crippen LogP contribution in [0.3, 0.4) is 0 Å². The fraction of sp³-hybridized carbons (Fsp3) is 0.143. The highest BCUT2D eigenvalue weighted by atomic mass is 16.5. The fourth-order valence-electron chi connectivity index (χ4n) is 3.84. The highest BCUT2D eigenvalue weighted by molar-refractivity contribution is 5.89. The van der Waals surface area contributed by atoms with Crippen LogP contribution in [0, 0.1) is 0 Å². The van der Waals surface area contributed by atoms with Gasteiger partial charge in [0.15, 0.2) is 11.2 Å². The SMILES string of the molecule is O=c1cc(-c2nnn[nH]2)oc2c(C=Cc3ccc(OCCCCc4ccccc4)cc3)cccc12. The van der Waals surface area contributed by atoms with Crippen LogP contribution in [0.2, 0.25) is 0 Å². The molecule has 0 aliphatic carbocycles. The Hall–Kier alpha value is -4.52. The van der Waals surface area contributed by atoms with Crippen molar-refractivity contribution in [2.75, 3.05) is 6.61 Å². The number of rotatable bonds is 9. The molecule has 0 bridgehead atoms. The van der Waals surface area contributed by atoms with Gasteiger partial charge < -0.3 is 9.15 Å². The summed E-state index contributed by atoms with van der Waals surface area (Å²) in [7, 11) is 0. The lowest BCUT2D eigenvalue weighted by molar-refractivity contribution is 0.307. The normalized spacial score (nSPS) is 11.3. The number of nitrogens with one attached hydrogen (secondary N) is 1. The zero-order chi connectivity index (χ0) is 23.9. The van der Waals surface area contributed by atoms with Crippen molar-refractivity contribution in [1.82, 2.24) is 20.6 Å². The summed E-state index contributed by atoms with van der Waals surface area (Å²) in [6.45, 7) is 0.695. The average molecular weight is 465 g/mol. The number of aromatic amines is 1. The van der Waals surface area contributed by atoms with Crippen LogP contribution in [-0.4, -0.2) is 27.2 Å². The monoisotopic (exact) mass is 464 g/mol. The van der Waals surface area contributed by atoms with E-state index < -0.39 is 0 Å². The lowest BCUT2D eigenvalue weighted by Crippen LogP contribution is -2.01. The van der Waals surface area contributed by atoms with E-state index >= 15 is 0 Å². The van der Waals surface area contributed by atoms with Crippen molar-refractivity contribution in [3.8, 4) is 17.3 Å². The number of fused-ring (bicyclic) bond motifs is 1. The summed E-state index contributed by atoms with van der Waals surface area (Å²) in [5.74, 6) is 1.44. The molecule has 0 aliphatic heterocycles. The van der Waals surface area contributed by atoms with Gasteiger partial charge >= 0.3 is 0 Å². The topological polar surface area (TPSA) is 93.9 Å².